The van der Waals surface area contributed by atoms with E-state index in [0.717, 1.165) is 31.8 Å². The minimum absolute atomic E-state index is 0.183. The van der Waals surface area contributed by atoms with Gasteiger partial charge in [-0.3, -0.25) is 9.59 Å². The van der Waals surface area contributed by atoms with Gasteiger partial charge in [-0.25, -0.2) is 0 Å². The van der Waals surface area contributed by atoms with Crippen LogP contribution in [0.15, 0.2) is 36.3 Å². The number of unbranched alkanes of at least 4 members (excludes halogenated alkanes) is 2. The quantitative estimate of drug-likeness (QED) is 0.293. The fraction of sp³-hybridized carbons (Fsp3) is 0.467. The third-order valence-electron chi connectivity index (χ3n) is 2.86. The Bertz CT molecular complexity index is 418. The first-order chi connectivity index (χ1) is 9.12. The zero-order valence-electron chi connectivity index (χ0n) is 11.5. The van der Waals surface area contributed by atoms with Crippen LogP contribution in [0.4, 0.5) is 0 Å². The summed E-state index contributed by atoms with van der Waals surface area (Å²) in [6, 6.07) is 0. The van der Waals surface area contributed by atoms with E-state index in [-0.39, 0.29) is 11.9 Å². The summed E-state index contributed by atoms with van der Waals surface area (Å²) in [5, 5.41) is 0. The molecule has 19 heavy (non-hydrogen) atoms. The fourth-order valence-corrected chi connectivity index (χ4v) is 1.76. The average molecular weight is 264 g/mol. The van der Waals surface area contributed by atoms with Gasteiger partial charge in [-0.1, -0.05) is 32.4 Å². The maximum absolute atomic E-state index is 11.4. The van der Waals surface area contributed by atoms with Gasteiger partial charge < -0.3 is 9.47 Å². The molecule has 1 aliphatic rings. The SMILES string of the molecule is C=CC(CCCCC)OC1=CC(=O)C(=O)C=C1OC. The highest BCUT2D eigenvalue weighted by Crippen LogP contribution is 2.21. The van der Waals surface area contributed by atoms with Crippen LogP contribution in [-0.2, 0) is 19.1 Å². The Labute approximate surface area is 113 Å². The average Bonchev–Trinajstić information content (AvgIpc) is 2.41. The van der Waals surface area contributed by atoms with Gasteiger partial charge in [0.15, 0.2) is 11.5 Å². The minimum atomic E-state index is -0.592. The van der Waals surface area contributed by atoms with Crippen molar-refractivity contribution in [1.29, 1.82) is 0 Å². The van der Waals surface area contributed by atoms with Crippen molar-refractivity contribution in [3.63, 3.8) is 0 Å². The van der Waals surface area contributed by atoms with E-state index in [1.165, 1.54) is 13.2 Å². The summed E-state index contributed by atoms with van der Waals surface area (Å²) in [6.45, 7) is 5.85. The molecule has 0 aromatic heterocycles. The summed E-state index contributed by atoms with van der Waals surface area (Å²) in [4.78, 5) is 22.6. The first kappa shape index (κ1) is 15.2. The summed E-state index contributed by atoms with van der Waals surface area (Å²) in [6.07, 6.45) is 7.96. The molecule has 0 N–H and O–H groups in total. The van der Waals surface area contributed by atoms with Crippen molar-refractivity contribution in [2.75, 3.05) is 7.11 Å². The lowest BCUT2D eigenvalue weighted by Gasteiger charge is -2.20. The van der Waals surface area contributed by atoms with Gasteiger partial charge in [0, 0.05) is 12.2 Å². The van der Waals surface area contributed by atoms with Crippen LogP contribution >= 0.6 is 0 Å². The molecule has 1 unspecified atom stereocenters. The minimum Gasteiger partial charge on any atom is -0.493 e. The summed E-state index contributed by atoms with van der Waals surface area (Å²) < 4.78 is 10.7. The zero-order chi connectivity index (χ0) is 14.3. The number of methoxy groups -OCH3 is 1. The van der Waals surface area contributed by atoms with Crippen LogP contribution in [0, 0.1) is 0 Å². The lowest BCUT2D eigenvalue weighted by Crippen LogP contribution is -2.20. The van der Waals surface area contributed by atoms with Crippen molar-refractivity contribution in [3.05, 3.63) is 36.3 Å². The first-order valence-electron chi connectivity index (χ1n) is 6.47. The molecule has 0 bridgehead atoms. The molecule has 0 fully saturated rings. The molecule has 0 aliphatic heterocycles. The number of carbonyl (C=O) groups is 2. The number of rotatable bonds is 8. The fourth-order valence-electron chi connectivity index (χ4n) is 1.76. The lowest BCUT2D eigenvalue weighted by atomic mass is 10.1. The van der Waals surface area contributed by atoms with E-state index in [2.05, 4.69) is 13.5 Å². The van der Waals surface area contributed by atoms with Gasteiger partial charge in [-0.15, -0.1) is 0 Å². The van der Waals surface area contributed by atoms with Crippen molar-refractivity contribution in [2.45, 2.75) is 38.7 Å². The van der Waals surface area contributed by atoms with Crippen LogP contribution in [0.5, 0.6) is 0 Å². The number of ketones is 2. The highest BCUT2D eigenvalue weighted by molar-refractivity contribution is 6.46. The molecule has 0 aromatic rings. The van der Waals surface area contributed by atoms with E-state index in [4.69, 9.17) is 9.47 Å². The predicted molar refractivity (Wildman–Crippen MR) is 72.4 cm³/mol. The summed E-state index contributed by atoms with van der Waals surface area (Å²) in [5.74, 6) is -0.599. The van der Waals surface area contributed by atoms with Crippen LogP contribution in [0.1, 0.15) is 32.6 Å². The lowest BCUT2D eigenvalue weighted by molar-refractivity contribution is -0.131. The monoisotopic (exact) mass is 264 g/mol. The Morgan fingerprint density at radius 1 is 1.21 bits per heavy atom. The molecule has 0 spiro atoms. The van der Waals surface area contributed by atoms with Gasteiger partial charge in [-0.2, -0.15) is 0 Å². The molecule has 0 radical (unpaired) electrons. The Hall–Kier alpha value is -1.84. The van der Waals surface area contributed by atoms with E-state index in [9.17, 15) is 9.59 Å². The molecule has 4 nitrogen and oxygen atoms in total. The van der Waals surface area contributed by atoms with Gasteiger partial charge in [0.2, 0.25) is 11.6 Å². The van der Waals surface area contributed by atoms with Gasteiger partial charge in [-0.05, 0) is 12.8 Å². The smallest absolute Gasteiger partial charge is 0.229 e. The number of hydrogen-bond acceptors (Lipinski definition) is 4. The Morgan fingerprint density at radius 2 is 1.84 bits per heavy atom. The molecular weight excluding hydrogens is 244 g/mol. The predicted octanol–water partition coefficient (Wildman–Crippen LogP) is 2.70. The molecule has 1 rings (SSSR count). The molecule has 104 valence electrons. The van der Waals surface area contributed by atoms with E-state index in [0.29, 0.717) is 5.76 Å². The van der Waals surface area contributed by atoms with Crippen LogP contribution in [0.3, 0.4) is 0 Å². The van der Waals surface area contributed by atoms with Gasteiger partial charge in [0.1, 0.15) is 6.10 Å². The van der Waals surface area contributed by atoms with E-state index in [1.807, 2.05) is 0 Å². The molecule has 1 aliphatic carbocycles. The van der Waals surface area contributed by atoms with Crippen LogP contribution in [0.2, 0.25) is 0 Å². The topological polar surface area (TPSA) is 52.6 Å². The van der Waals surface area contributed by atoms with Crippen molar-refractivity contribution >= 4 is 11.6 Å². The molecule has 0 heterocycles. The normalized spacial score (nSPS) is 16.5. The Balaban J connectivity index is 2.69. The summed E-state index contributed by atoms with van der Waals surface area (Å²) in [5.41, 5.74) is 0. The maximum atomic E-state index is 11.4. The summed E-state index contributed by atoms with van der Waals surface area (Å²) in [7, 11) is 1.44. The van der Waals surface area contributed by atoms with Crippen molar-refractivity contribution in [2.24, 2.45) is 0 Å². The maximum Gasteiger partial charge on any atom is 0.229 e. The summed E-state index contributed by atoms with van der Waals surface area (Å²) >= 11 is 0. The number of carbonyl (C=O) groups excluding carboxylic acids is 2. The molecular formula is C15H20O4. The van der Waals surface area contributed by atoms with Crippen molar-refractivity contribution < 1.29 is 19.1 Å². The highest BCUT2D eigenvalue weighted by Gasteiger charge is 2.23. The number of hydrogen-bond donors (Lipinski definition) is 0. The van der Waals surface area contributed by atoms with Crippen LogP contribution in [-0.4, -0.2) is 24.8 Å². The molecule has 0 amide bonds. The number of ether oxygens (including phenoxy) is 2. The third-order valence-corrected chi connectivity index (χ3v) is 2.86. The van der Waals surface area contributed by atoms with E-state index in [1.54, 1.807) is 6.08 Å². The molecule has 0 saturated heterocycles. The third kappa shape index (κ3) is 4.39. The first-order valence-corrected chi connectivity index (χ1v) is 6.47. The Morgan fingerprint density at radius 3 is 2.37 bits per heavy atom. The second-order valence-electron chi connectivity index (χ2n) is 4.34. The van der Waals surface area contributed by atoms with Crippen LogP contribution < -0.4 is 0 Å². The van der Waals surface area contributed by atoms with Gasteiger partial charge >= 0.3 is 0 Å². The Kier molecular flexibility index (Phi) is 6.06. The van der Waals surface area contributed by atoms with Crippen LogP contribution in [0.25, 0.3) is 0 Å². The molecule has 1 atom stereocenters. The highest BCUT2D eigenvalue weighted by atomic mass is 16.5. The van der Waals surface area contributed by atoms with Gasteiger partial charge in [0.25, 0.3) is 0 Å². The van der Waals surface area contributed by atoms with E-state index >= 15 is 0 Å². The van der Waals surface area contributed by atoms with E-state index < -0.39 is 11.6 Å². The zero-order valence-corrected chi connectivity index (χ0v) is 11.5. The second-order valence-corrected chi connectivity index (χ2v) is 4.34. The molecule has 4 heteroatoms. The molecule has 0 saturated carbocycles. The van der Waals surface area contributed by atoms with Crippen molar-refractivity contribution in [3.8, 4) is 0 Å². The second kappa shape index (κ2) is 7.56. The van der Waals surface area contributed by atoms with Crippen molar-refractivity contribution in [1.82, 2.24) is 0 Å². The largest absolute Gasteiger partial charge is 0.493 e. The standard InChI is InChI=1S/C15H20O4/c1-4-6-7-8-11(5-2)19-15-10-13(17)12(16)9-14(15)18-3/h5,9-11H,2,4,6-8H2,1,3H3. The number of allylic oxidation sites excluding steroid dienone is 2. The molecule has 0 aromatic carbocycles. The van der Waals surface area contributed by atoms with Gasteiger partial charge in [0.05, 0.1) is 7.11 Å².